The van der Waals surface area contributed by atoms with Crippen LogP contribution in [0.1, 0.15) is 20.8 Å². The van der Waals surface area contributed by atoms with Crippen LogP contribution in [-0.4, -0.2) is 35.6 Å². The zero-order valence-electron chi connectivity index (χ0n) is 11.4. The summed E-state index contributed by atoms with van der Waals surface area (Å²) in [6.45, 7) is 9.59. The van der Waals surface area contributed by atoms with Crippen LogP contribution in [0.15, 0.2) is 30.5 Å². The number of aromatic nitrogens is 1. The van der Waals surface area contributed by atoms with Crippen LogP contribution < -0.4 is 4.74 Å². The summed E-state index contributed by atoms with van der Waals surface area (Å²) in [5.74, 6) is 0.942. The molecule has 0 aliphatic carbocycles. The molecule has 0 bridgehead atoms. The van der Waals surface area contributed by atoms with Crippen molar-refractivity contribution < 1.29 is 4.74 Å². The molecule has 0 fully saturated rings. The van der Waals surface area contributed by atoms with E-state index in [4.69, 9.17) is 4.74 Å². The normalized spacial score (nSPS) is 13.1. The van der Waals surface area contributed by atoms with Gasteiger partial charge in [-0.25, -0.2) is 0 Å². The Morgan fingerprint density at radius 3 is 2.72 bits per heavy atom. The van der Waals surface area contributed by atoms with Crippen molar-refractivity contribution in [3.63, 3.8) is 0 Å². The molecule has 98 valence electrons. The third-order valence-corrected chi connectivity index (χ3v) is 3.29. The van der Waals surface area contributed by atoms with Crippen molar-refractivity contribution in [2.45, 2.75) is 26.9 Å². The van der Waals surface area contributed by atoms with E-state index < -0.39 is 0 Å². The highest BCUT2D eigenvalue weighted by atomic mass is 16.5. The number of fused-ring (bicyclic) bond motifs is 1. The van der Waals surface area contributed by atoms with Gasteiger partial charge in [-0.05, 0) is 32.1 Å². The number of nitrogens with one attached hydrogen (secondary N) is 1. The Morgan fingerprint density at radius 1 is 1.22 bits per heavy atom. The minimum absolute atomic E-state index is 0.193. The van der Waals surface area contributed by atoms with E-state index in [1.165, 1.54) is 5.39 Å². The molecule has 0 aliphatic rings. The van der Waals surface area contributed by atoms with Crippen LogP contribution in [0.25, 0.3) is 10.9 Å². The van der Waals surface area contributed by atoms with Crippen molar-refractivity contribution in [1.82, 2.24) is 9.88 Å². The summed E-state index contributed by atoms with van der Waals surface area (Å²) in [4.78, 5) is 5.61. The number of likely N-dealkylation sites (N-methyl/N-ethyl adjacent to an activating group) is 1. The molecule has 0 saturated carbocycles. The first-order valence-corrected chi connectivity index (χ1v) is 6.69. The number of nitrogens with zero attached hydrogens (tertiary/aromatic N) is 1. The maximum atomic E-state index is 6.05. The van der Waals surface area contributed by atoms with E-state index in [0.717, 1.165) is 30.9 Å². The molecule has 2 rings (SSSR count). The van der Waals surface area contributed by atoms with Crippen LogP contribution in [0, 0.1) is 0 Å². The van der Waals surface area contributed by atoms with E-state index in [1.54, 1.807) is 0 Å². The second-order valence-electron chi connectivity index (χ2n) is 4.61. The summed E-state index contributed by atoms with van der Waals surface area (Å²) >= 11 is 0. The smallest absolute Gasteiger partial charge is 0.143 e. The number of para-hydroxylation sites is 1. The second-order valence-corrected chi connectivity index (χ2v) is 4.61. The molecule has 1 atom stereocenters. The average Bonchev–Trinajstić information content (AvgIpc) is 2.85. The largest absolute Gasteiger partial charge is 0.487 e. The van der Waals surface area contributed by atoms with Crippen LogP contribution in [0.3, 0.4) is 0 Å². The van der Waals surface area contributed by atoms with Gasteiger partial charge in [-0.15, -0.1) is 0 Å². The van der Waals surface area contributed by atoms with E-state index in [1.807, 2.05) is 18.3 Å². The number of ether oxygens (including phenoxy) is 1. The van der Waals surface area contributed by atoms with Crippen LogP contribution in [0.5, 0.6) is 5.75 Å². The summed E-state index contributed by atoms with van der Waals surface area (Å²) in [6, 6.07) is 8.22. The lowest BCUT2D eigenvalue weighted by Gasteiger charge is -2.23. The lowest BCUT2D eigenvalue weighted by molar-refractivity contribution is 0.154. The predicted octanol–water partition coefficient (Wildman–Crippen LogP) is 3.28. The van der Waals surface area contributed by atoms with Crippen LogP contribution in [0.2, 0.25) is 0 Å². The number of rotatable bonds is 6. The minimum atomic E-state index is 0.193. The van der Waals surface area contributed by atoms with Crippen molar-refractivity contribution in [3.8, 4) is 5.75 Å². The van der Waals surface area contributed by atoms with Crippen LogP contribution in [-0.2, 0) is 0 Å². The molecule has 1 N–H and O–H groups in total. The Hall–Kier alpha value is -1.48. The number of benzene rings is 1. The van der Waals surface area contributed by atoms with E-state index in [9.17, 15) is 0 Å². The van der Waals surface area contributed by atoms with Crippen LogP contribution in [0.4, 0.5) is 0 Å². The highest BCUT2D eigenvalue weighted by molar-refractivity contribution is 5.85. The molecule has 3 nitrogen and oxygen atoms in total. The first-order chi connectivity index (χ1) is 8.74. The lowest BCUT2D eigenvalue weighted by Crippen LogP contribution is -2.33. The molecule has 0 spiro atoms. The Balaban J connectivity index is 2.06. The number of hydrogen-bond donors (Lipinski definition) is 1. The molecule has 1 aromatic carbocycles. The van der Waals surface area contributed by atoms with Crippen molar-refractivity contribution >= 4 is 10.9 Å². The van der Waals surface area contributed by atoms with E-state index in [-0.39, 0.29) is 6.10 Å². The molecular formula is C15H22N2O. The number of hydrogen-bond acceptors (Lipinski definition) is 2. The third-order valence-electron chi connectivity index (χ3n) is 3.29. The van der Waals surface area contributed by atoms with Crippen molar-refractivity contribution in [3.05, 3.63) is 30.5 Å². The highest BCUT2D eigenvalue weighted by Crippen LogP contribution is 2.24. The Morgan fingerprint density at radius 2 is 2.00 bits per heavy atom. The molecule has 3 heteroatoms. The summed E-state index contributed by atoms with van der Waals surface area (Å²) < 4.78 is 6.05. The monoisotopic (exact) mass is 246 g/mol. The van der Waals surface area contributed by atoms with Gasteiger partial charge in [0.15, 0.2) is 0 Å². The fourth-order valence-electron chi connectivity index (χ4n) is 2.25. The topological polar surface area (TPSA) is 28.3 Å². The van der Waals surface area contributed by atoms with Gasteiger partial charge in [0.1, 0.15) is 11.9 Å². The maximum Gasteiger partial charge on any atom is 0.143 e. The van der Waals surface area contributed by atoms with Gasteiger partial charge >= 0.3 is 0 Å². The van der Waals surface area contributed by atoms with E-state index in [0.29, 0.717) is 0 Å². The first kappa shape index (κ1) is 13.0. The predicted molar refractivity (Wildman–Crippen MR) is 76.2 cm³/mol. The van der Waals surface area contributed by atoms with E-state index >= 15 is 0 Å². The average molecular weight is 246 g/mol. The Bertz CT molecular complexity index is 488. The Kier molecular flexibility index (Phi) is 4.26. The van der Waals surface area contributed by atoms with Gasteiger partial charge in [0.05, 0.1) is 5.52 Å². The fraction of sp³-hybridized carbons (Fsp3) is 0.467. The Labute approximate surface area is 109 Å². The first-order valence-electron chi connectivity index (χ1n) is 6.69. The number of H-pyrrole nitrogens is 1. The molecule has 0 saturated heterocycles. The molecule has 1 unspecified atom stereocenters. The third kappa shape index (κ3) is 2.85. The van der Waals surface area contributed by atoms with Crippen molar-refractivity contribution in [2.75, 3.05) is 19.6 Å². The molecule has 1 heterocycles. The second kappa shape index (κ2) is 5.91. The molecule has 0 amide bonds. The molecule has 1 aromatic heterocycles. The summed E-state index contributed by atoms with van der Waals surface area (Å²) in [6.07, 6.45) is 2.14. The molecule has 18 heavy (non-hydrogen) atoms. The van der Waals surface area contributed by atoms with Gasteiger partial charge < -0.3 is 14.6 Å². The van der Waals surface area contributed by atoms with Crippen LogP contribution >= 0.6 is 0 Å². The minimum Gasteiger partial charge on any atom is -0.487 e. The molecule has 2 aromatic rings. The lowest BCUT2D eigenvalue weighted by atomic mass is 10.2. The van der Waals surface area contributed by atoms with Gasteiger partial charge in [-0.3, -0.25) is 0 Å². The molecule has 0 radical (unpaired) electrons. The van der Waals surface area contributed by atoms with Crippen molar-refractivity contribution in [1.29, 1.82) is 0 Å². The van der Waals surface area contributed by atoms with Gasteiger partial charge in [0, 0.05) is 18.1 Å². The summed E-state index contributed by atoms with van der Waals surface area (Å²) in [5, 5.41) is 1.20. The summed E-state index contributed by atoms with van der Waals surface area (Å²) in [5.41, 5.74) is 1.09. The zero-order valence-corrected chi connectivity index (χ0v) is 11.4. The van der Waals surface area contributed by atoms with Crippen molar-refractivity contribution in [2.24, 2.45) is 0 Å². The highest BCUT2D eigenvalue weighted by Gasteiger charge is 2.10. The van der Waals surface area contributed by atoms with Gasteiger partial charge in [-0.1, -0.05) is 26.0 Å². The van der Waals surface area contributed by atoms with E-state index in [2.05, 4.69) is 42.8 Å². The quantitative estimate of drug-likeness (QED) is 0.847. The fourth-order valence-corrected chi connectivity index (χ4v) is 2.25. The molecule has 0 aliphatic heterocycles. The van der Waals surface area contributed by atoms with Gasteiger partial charge in [-0.2, -0.15) is 0 Å². The number of aromatic amines is 1. The maximum absolute atomic E-state index is 6.05. The SMILES string of the molecule is CCN(CC)CC(C)Oc1cccc2cc[nH]c12. The zero-order chi connectivity index (χ0) is 13.0. The standard InChI is InChI=1S/C15H22N2O/c1-4-17(5-2)11-12(3)18-14-8-6-7-13-9-10-16-15(13)14/h6-10,12,16H,4-5,11H2,1-3H3. The summed E-state index contributed by atoms with van der Waals surface area (Å²) in [7, 11) is 0. The van der Waals surface area contributed by atoms with Gasteiger partial charge in [0.25, 0.3) is 0 Å². The van der Waals surface area contributed by atoms with Gasteiger partial charge in [0.2, 0.25) is 0 Å². The molecular weight excluding hydrogens is 224 g/mol.